The van der Waals surface area contributed by atoms with Crippen LogP contribution in [-0.4, -0.2) is 24.1 Å². The Hall–Kier alpha value is -2.86. The molecule has 0 unspecified atom stereocenters. The fraction of sp³-hybridized carbons (Fsp3) is 0.238. The smallest absolute Gasteiger partial charge is 0.257 e. The number of aryl methyl sites for hydroxylation is 1. The normalized spacial score (nSPS) is 10.5. The Kier molecular flexibility index (Phi) is 6.08. The number of carbonyl (C=O) groups is 1. The zero-order valence-corrected chi connectivity index (χ0v) is 16.4. The predicted molar refractivity (Wildman–Crippen MR) is 109 cm³/mol. The number of amides is 1. The molecule has 3 aromatic rings. The number of ether oxygens (including phenoxy) is 2. The molecule has 1 amide bonds. The van der Waals surface area contributed by atoms with Gasteiger partial charge in [0, 0.05) is 5.56 Å². The molecule has 2 aromatic carbocycles. The molecule has 0 bridgehead atoms. The van der Waals surface area contributed by atoms with Gasteiger partial charge in [-0.15, -0.1) is 0 Å². The first-order chi connectivity index (χ1) is 13.1. The molecule has 0 saturated heterocycles. The maximum atomic E-state index is 12.7. The van der Waals surface area contributed by atoms with Crippen molar-refractivity contribution >= 4 is 22.4 Å². The molecule has 0 fully saturated rings. The lowest BCUT2D eigenvalue weighted by Crippen LogP contribution is -2.12. The van der Waals surface area contributed by atoms with Crippen molar-refractivity contribution in [2.75, 3.05) is 18.5 Å². The number of carbonyl (C=O) groups excluding carboxylic acids is 1. The van der Waals surface area contributed by atoms with Crippen molar-refractivity contribution < 1.29 is 14.3 Å². The van der Waals surface area contributed by atoms with Crippen LogP contribution in [0.3, 0.4) is 0 Å². The van der Waals surface area contributed by atoms with Crippen molar-refractivity contribution in [2.45, 2.75) is 20.8 Å². The summed E-state index contributed by atoms with van der Waals surface area (Å²) in [6.45, 7) is 6.78. The van der Waals surface area contributed by atoms with Crippen LogP contribution in [0.5, 0.6) is 11.5 Å². The monoisotopic (exact) mass is 382 g/mol. The van der Waals surface area contributed by atoms with Crippen molar-refractivity contribution in [1.82, 2.24) is 4.98 Å². The number of aromatic nitrogens is 1. The third-order valence-electron chi connectivity index (χ3n) is 3.86. The molecule has 0 saturated carbocycles. The van der Waals surface area contributed by atoms with Gasteiger partial charge in [-0.1, -0.05) is 41.7 Å². The summed E-state index contributed by atoms with van der Waals surface area (Å²) in [6.07, 6.45) is 0. The van der Waals surface area contributed by atoms with E-state index >= 15 is 0 Å². The zero-order valence-electron chi connectivity index (χ0n) is 15.6. The molecule has 0 aliphatic carbocycles. The summed E-state index contributed by atoms with van der Waals surface area (Å²) in [5.74, 6) is 0.965. The molecular formula is C21H22N2O3S. The van der Waals surface area contributed by atoms with Gasteiger partial charge in [-0.25, -0.2) is 4.98 Å². The topological polar surface area (TPSA) is 60.5 Å². The zero-order chi connectivity index (χ0) is 19.2. The van der Waals surface area contributed by atoms with Crippen molar-refractivity contribution in [1.29, 1.82) is 0 Å². The average Bonchev–Trinajstić information content (AvgIpc) is 3.04. The Bertz CT molecular complexity index is 922. The number of thiazole rings is 1. The molecule has 1 N–H and O–H groups in total. The molecule has 3 rings (SSSR count). The van der Waals surface area contributed by atoms with Crippen molar-refractivity contribution in [3.05, 3.63) is 59.8 Å². The first-order valence-electron chi connectivity index (χ1n) is 8.86. The lowest BCUT2D eigenvalue weighted by atomic mass is 10.2. The summed E-state index contributed by atoms with van der Waals surface area (Å²) < 4.78 is 11.1. The number of nitrogens with one attached hydrogen (secondary N) is 1. The molecule has 0 aliphatic rings. The van der Waals surface area contributed by atoms with E-state index in [9.17, 15) is 4.79 Å². The SMILES string of the molecule is CCOc1ccc(C(=O)Nc2nc(C)c(-c3ccccc3)s2)cc1OCC. The Morgan fingerprint density at radius 3 is 2.44 bits per heavy atom. The average molecular weight is 382 g/mol. The largest absolute Gasteiger partial charge is 0.490 e. The molecule has 0 radical (unpaired) electrons. The van der Waals surface area contributed by atoms with Crippen LogP contribution in [-0.2, 0) is 0 Å². The Labute approximate surface area is 163 Å². The van der Waals surface area contributed by atoms with E-state index < -0.39 is 0 Å². The van der Waals surface area contributed by atoms with Gasteiger partial charge in [-0.2, -0.15) is 0 Å². The van der Waals surface area contributed by atoms with Gasteiger partial charge in [0.15, 0.2) is 16.6 Å². The number of hydrogen-bond acceptors (Lipinski definition) is 5. The molecule has 27 heavy (non-hydrogen) atoms. The maximum absolute atomic E-state index is 12.7. The van der Waals surface area contributed by atoms with Crippen molar-refractivity contribution in [3.8, 4) is 21.9 Å². The van der Waals surface area contributed by atoms with Gasteiger partial charge in [0.25, 0.3) is 5.91 Å². The third-order valence-corrected chi connectivity index (χ3v) is 4.98. The van der Waals surface area contributed by atoms with Gasteiger partial charge >= 0.3 is 0 Å². The molecule has 1 heterocycles. The van der Waals surface area contributed by atoms with Crippen molar-refractivity contribution in [3.63, 3.8) is 0 Å². The minimum absolute atomic E-state index is 0.229. The second-order valence-corrected chi connectivity index (χ2v) is 6.78. The molecule has 0 spiro atoms. The van der Waals surface area contributed by atoms with Gasteiger partial charge in [-0.3, -0.25) is 10.1 Å². The Morgan fingerprint density at radius 1 is 1.04 bits per heavy atom. The summed E-state index contributed by atoms with van der Waals surface area (Å²) in [4.78, 5) is 18.2. The number of hydrogen-bond donors (Lipinski definition) is 1. The maximum Gasteiger partial charge on any atom is 0.257 e. The molecule has 140 valence electrons. The van der Waals surface area contributed by atoms with Crippen LogP contribution in [0.25, 0.3) is 10.4 Å². The Morgan fingerprint density at radius 2 is 1.74 bits per heavy atom. The van der Waals surface area contributed by atoms with Crippen LogP contribution >= 0.6 is 11.3 Å². The van der Waals surface area contributed by atoms with Gasteiger partial charge in [0.2, 0.25) is 0 Å². The highest BCUT2D eigenvalue weighted by Gasteiger charge is 2.15. The lowest BCUT2D eigenvalue weighted by molar-refractivity contribution is 0.102. The fourth-order valence-electron chi connectivity index (χ4n) is 2.67. The minimum Gasteiger partial charge on any atom is -0.490 e. The van der Waals surface area contributed by atoms with Gasteiger partial charge in [-0.05, 0) is 44.5 Å². The summed E-state index contributed by atoms with van der Waals surface area (Å²) in [5.41, 5.74) is 2.48. The van der Waals surface area contributed by atoms with Gasteiger partial charge in [0.1, 0.15) is 0 Å². The van der Waals surface area contributed by atoms with E-state index in [-0.39, 0.29) is 5.91 Å². The van der Waals surface area contributed by atoms with Gasteiger partial charge < -0.3 is 9.47 Å². The van der Waals surface area contributed by atoms with E-state index in [1.165, 1.54) is 11.3 Å². The van der Waals surface area contributed by atoms with Crippen LogP contribution in [0.15, 0.2) is 48.5 Å². The minimum atomic E-state index is -0.229. The first kappa shape index (κ1) is 18.9. The fourth-order valence-corrected chi connectivity index (χ4v) is 3.64. The molecule has 5 nitrogen and oxygen atoms in total. The van der Waals surface area contributed by atoms with Crippen LogP contribution in [0, 0.1) is 6.92 Å². The highest BCUT2D eigenvalue weighted by atomic mass is 32.1. The summed E-state index contributed by atoms with van der Waals surface area (Å²) >= 11 is 1.46. The number of anilines is 1. The Balaban J connectivity index is 1.80. The van der Waals surface area contributed by atoms with Crippen LogP contribution in [0.4, 0.5) is 5.13 Å². The lowest BCUT2D eigenvalue weighted by Gasteiger charge is -2.12. The predicted octanol–water partition coefficient (Wildman–Crippen LogP) is 5.17. The van der Waals surface area contributed by atoms with E-state index in [1.807, 2.05) is 51.1 Å². The molecule has 1 aromatic heterocycles. The highest BCUT2D eigenvalue weighted by molar-refractivity contribution is 7.19. The van der Waals surface area contributed by atoms with Crippen LogP contribution < -0.4 is 14.8 Å². The molecular weight excluding hydrogens is 360 g/mol. The number of nitrogens with zero attached hydrogens (tertiary/aromatic N) is 1. The third kappa shape index (κ3) is 4.46. The number of benzene rings is 2. The van der Waals surface area contributed by atoms with Gasteiger partial charge in [0.05, 0.1) is 23.8 Å². The van der Waals surface area contributed by atoms with E-state index in [4.69, 9.17) is 9.47 Å². The van der Waals surface area contributed by atoms with Crippen molar-refractivity contribution in [2.24, 2.45) is 0 Å². The molecule has 6 heteroatoms. The summed E-state index contributed by atoms with van der Waals surface area (Å²) in [5, 5.41) is 3.45. The van der Waals surface area contributed by atoms with E-state index in [0.717, 1.165) is 16.1 Å². The molecule has 0 atom stereocenters. The standard InChI is InChI=1S/C21H22N2O3S/c1-4-25-17-12-11-16(13-18(17)26-5-2)20(24)23-21-22-14(3)19(27-21)15-9-7-6-8-10-15/h6-13H,4-5H2,1-3H3,(H,22,23,24). The van der Waals surface area contributed by atoms with E-state index in [0.29, 0.717) is 35.4 Å². The summed E-state index contributed by atoms with van der Waals surface area (Å²) in [6, 6.07) is 15.2. The molecule has 0 aliphatic heterocycles. The first-order valence-corrected chi connectivity index (χ1v) is 9.67. The highest BCUT2D eigenvalue weighted by Crippen LogP contribution is 2.33. The number of rotatable bonds is 7. The summed E-state index contributed by atoms with van der Waals surface area (Å²) in [7, 11) is 0. The van der Waals surface area contributed by atoms with Crippen LogP contribution in [0.1, 0.15) is 29.9 Å². The van der Waals surface area contributed by atoms with Crippen LogP contribution in [0.2, 0.25) is 0 Å². The second kappa shape index (κ2) is 8.68. The van der Waals surface area contributed by atoms with E-state index in [1.54, 1.807) is 18.2 Å². The quantitative estimate of drug-likeness (QED) is 0.612. The second-order valence-electron chi connectivity index (χ2n) is 5.78. The van der Waals surface area contributed by atoms with E-state index in [2.05, 4.69) is 10.3 Å².